The van der Waals surface area contributed by atoms with Gasteiger partial charge in [0.25, 0.3) is 15.9 Å². The SMILES string of the molecule is O=C(NC(=S)Nc1ccc(S(=O)(=O)N2CCc3ccccc32)cc1)c1ccc(OCCc2ccccc2)cc1. The highest BCUT2D eigenvalue weighted by Gasteiger charge is 2.30. The third-order valence-electron chi connectivity index (χ3n) is 6.39. The van der Waals surface area contributed by atoms with Crippen molar-refractivity contribution < 1.29 is 17.9 Å². The van der Waals surface area contributed by atoms with Crippen LogP contribution in [0.2, 0.25) is 0 Å². The van der Waals surface area contributed by atoms with Gasteiger partial charge in [-0.25, -0.2) is 8.42 Å². The van der Waals surface area contributed by atoms with E-state index in [1.165, 1.54) is 22.0 Å². The molecule has 0 radical (unpaired) electrons. The van der Waals surface area contributed by atoms with Gasteiger partial charge in [0, 0.05) is 24.2 Å². The smallest absolute Gasteiger partial charge is 0.264 e. The standard InChI is InChI=1S/C30H27N3O4S2/c34-29(24-10-14-26(15-11-24)37-21-19-22-6-2-1-3-7-22)32-30(38)31-25-12-16-27(17-13-25)39(35,36)33-20-18-23-8-4-5-9-28(23)33/h1-17H,18-21H2,(H2,31,32,34,38). The van der Waals surface area contributed by atoms with Crippen LogP contribution >= 0.6 is 12.2 Å². The lowest BCUT2D eigenvalue weighted by Gasteiger charge is -2.19. The zero-order chi connectivity index (χ0) is 27.2. The summed E-state index contributed by atoms with van der Waals surface area (Å²) >= 11 is 5.28. The minimum absolute atomic E-state index is 0.104. The largest absolute Gasteiger partial charge is 0.493 e. The molecule has 0 unspecified atom stereocenters. The van der Waals surface area contributed by atoms with Gasteiger partial charge in [0.1, 0.15) is 5.75 Å². The summed E-state index contributed by atoms with van der Waals surface area (Å²) in [6.45, 7) is 0.952. The first kappa shape index (κ1) is 26.4. The molecule has 1 heterocycles. The second-order valence-electron chi connectivity index (χ2n) is 9.00. The summed E-state index contributed by atoms with van der Waals surface area (Å²) in [6, 6.07) is 30.7. The van der Waals surface area contributed by atoms with Crippen molar-refractivity contribution in [1.29, 1.82) is 0 Å². The number of sulfonamides is 1. The zero-order valence-corrected chi connectivity index (χ0v) is 22.7. The first-order valence-corrected chi connectivity index (χ1v) is 14.3. The number of anilines is 2. The quantitative estimate of drug-likeness (QED) is 0.290. The lowest BCUT2D eigenvalue weighted by Crippen LogP contribution is -2.34. The molecule has 0 bridgehead atoms. The van der Waals surface area contributed by atoms with Crippen LogP contribution in [0.25, 0.3) is 0 Å². The zero-order valence-electron chi connectivity index (χ0n) is 21.0. The van der Waals surface area contributed by atoms with E-state index in [0.717, 1.165) is 17.7 Å². The van der Waals surface area contributed by atoms with E-state index in [9.17, 15) is 13.2 Å². The summed E-state index contributed by atoms with van der Waals surface area (Å²) in [5, 5.41) is 5.68. The molecule has 198 valence electrons. The summed E-state index contributed by atoms with van der Waals surface area (Å²) in [7, 11) is -3.68. The van der Waals surface area contributed by atoms with Crippen molar-refractivity contribution in [2.45, 2.75) is 17.7 Å². The average Bonchev–Trinajstić information content (AvgIpc) is 3.39. The Hall–Kier alpha value is -4.21. The molecule has 0 aromatic heterocycles. The van der Waals surface area contributed by atoms with E-state index in [2.05, 4.69) is 22.8 Å². The molecular formula is C30H27N3O4S2. The number of nitrogens with zero attached hydrogens (tertiary/aromatic N) is 1. The van der Waals surface area contributed by atoms with Gasteiger partial charge in [0.05, 0.1) is 17.2 Å². The second-order valence-corrected chi connectivity index (χ2v) is 11.3. The van der Waals surface area contributed by atoms with Crippen LogP contribution in [0.1, 0.15) is 21.5 Å². The van der Waals surface area contributed by atoms with Crippen molar-refractivity contribution in [2.75, 3.05) is 22.8 Å². The van der Waals surface area contributed by atoms with Crippen LogP contribution in [-0.2, 0) is 22.9 Å². The molecule has 0 atom stereocenters. The Bertz CT molecular complexity index is 1570. The maximum atomic E-state index is 13.2. The third-order valence-corrected chi connectivity index (χ3v) is 8.42. The highest BCUT2D eigenvalue weighted by Crippen LogP contribution is 2.32. The Kier molecular flexibility index (Phi) is 7.90. The van der Waals surface area contributed by atoms with Gasteiger partial charge >= 0.3 is 0 Å². The van der Waals surface area contributed by atoms with Crippen molar-refractivity contribution in [2.24, 2.45) is 0 Å². The minimum atomic E-state index is -3.68. The van der Waals surface area contributed by atoms with Crippen LogP contribution in [-0.4, -0.2) is 32.6 Å². The number of carbonyl (C=O) groups is 1. The number of rotatable bonds is 8. The van der Waals surface area contributed by atoms with E-state index in [-0.39, 0.29) is 15.9 Å². The molecule has 0 saturated carbocycles. The first-order valence-electron chi connectivity index (χ1n) is 12.5. The number of hydrogen-bond donors (Lipinski definition) is 2. The molecular weight excluding hydrogens is 530 g/mol. The Morgan fingerprint density at radius 1 is 0.872 bits per heavy atom. The van der Waals surface area contributed by atoms with E-state index < -0.39 is 10.0 Å². The molecule has 0 aliphatic carbocycles. The monoisotopic (exact) mass is 557 g/mol. The molecule has 0 fully saturated rings. The molecule has 1 aliphatic heterocycles. The lowest BCUT2D eigenvalue weighted by molar-refractivity contribution is 0.0977. The number of ether oxygens (including phenoxy) is 1. The predicted molar refractivity (Wildman–Crippen MR) is 157 cm³/mol. The topological polar surface area (TPSA) is 87.7 Å². The fourth-order valence-corrected chi connectivity index (χ4v) is 6.08. The van der Waals surface area contributed by atoms with Crippen LogP contribution in [0.15, 0.2) is 108 Å². The van der Waals surface area contributed by atoms with E-state index in [1.54, 1.807) is 36.4 Å². The number of carbonyl (C=O) groups excluding carboxylic acids is 1. The molecule has 0 saturated heterocycles. The van der Waals surface area contributed by atoms with Crippen LogP contribution in [0.5, 0.6) is 5.75 Å². The van der Waals surface area contributed by atoms with Gasteiger partial charge in [-0.1, -0.05) is 48.5 Å². The summed E-state index contributed by atoms with van der Waals surface area (Å²) in [4.78, 5) is 12.8. The van der Waals surface area contributed by atoms with E-state index in [4.69, 9.17) is 17.0 Å². The number of benzene rings is 4. The summed E-state index contributed by atoms with van der Waals surface area (Å²) in [6.07, 6.45) is 1.48. The summed E-state index contributed by atoms with van der Waals surface area (Å²) in [5.41, 5.74) is 3.93. The second kappa shape index (κ2) is 11.7. The Morgan fingerprint density at radius 3 is 2.31 bits per heavy atom. The molecule has 0 spiro atoms. The molecule has 39 heavy (non-hydrogen) atoms. The van der Waals surface area contributed by atoms with Crippen LogP contribution in [0, 0.1) is 0 Å². The maximum Gasteiger partial charge on any atom is 0.264 e. The molecule has 4 aromatic rings. The maximum absolute atomic E-state index is 13.2. The first-order chi connectivity index (χ1) is 18.9. The number of para-hydroxylation sites is 1. The van der Waals surface area contributed by atoms with Gasteiger partial charge in [-0.05, 0) is 84.4 Å². The fourth-order valence-electron chi connectivity index (χ4n) is 4.37. The number of thiocarbonyl (C=S) groups is 1. The summed E-state index contributed by atoms with van der Waals surface area (Å²) in [5.74, 6) is 0.311. The molecule has 9 heteroatoms. The van der Waals surface area contributed by atoms with Crippen LogP contribution < -0.4 is 19.7 Å². The van der Waals surface area contributed by atoms with Crippen molar-refractivity contribution in [1.82, 2.24) is 5.32 Å². The van der Waals surface area contributed by atoms with Crippen molar-refractivity contribution >= 4 is 44.6 Å². The van der Waals surface area contributed by atoms with Crippen molar-refractivity contribution in [3.63, 3.8) is 0 Å². The third kappa shape index (κ3) is 6.27. The van der Waals surface area contributed by atoms with Crippen molar-refractivity contribution in [3.05, 3.63) is 120 Å². The van der Waals surface area contributed by atoms with Gasteiger partial charge in [-0.3, -0.25) is 14.4 Å². The molecule has 1 amide bonds. The number of hydrogen-bond acceptors (Lipinski definition) is 5. The van der Waals surface area contributed by atoms with Gasteiger partial charge in [0.2, 0.25) is 0 Å². The number of amides is 1. The molecule has 4 aromatic carbocycles. The van der Waals surface area contributed by atoms with Gasteiger partial charge in [0.15, 0.2) is 5.11 Å². The highest BCUT2D eigenvalue weighted by atomic mass is 32.2. The van der Waals surface area contributed by atoms with E-state index >= 15 is 0 Å². The molecule has 7 nitrogen and oxygen atoms in total. The van der Waals surface area contributed by atoms with E-state index in [0.29, 0.717) is 36.6 Å². The predicted octanol–water partition coefficient (Wildman–Crippen LogP) is 5.19. The van der Waals surface area contributed by atoms with Crippen LogP contribution in [0.3, 0.4) is 0 Å². The highest BCUT2D eigenvalue weighted by molar-refractivity contribution is 7.92. The van der Waals surface area contributed by atoms with Gasteiger partial charge in [-0.2, -0.15) is 0 Å². The van der Waals surface area contributed by atoms with Crippen molar-refractivity contribution in [3.8, 4) is 5.75 Å². The fraction of sp³-hybridized carbons (Fsp3) is 0.133. The van der Waals surface area contributed by atoms with Crippen LogP contribution in [0.4, 0.5) is 11.4 Å². The normalized spacial score (nSPS) is 12.5. The Labute approximate surface area is 233 Å². The van der Waals surface area contributed by atoms with E-state index in [1.807, 2.05) is 42.5 Å². The molecule has 5 rings (SSSR count). The molecule has 1 aliphatic rings. The Balaban J connectivity index is 1.13. The average molecular weight is 558 g/mol. The molecule has 2 N–H and O–H groups in total. The van der Waals surface area contributed by atoms with Gasteiger partial charge < -0.3 is 10.1 Å². The summed E-state index contributed by atoms with van der Waals surface area (Å²) < 4.78 is 33.6. The lowest BCUT2D eigenvalue weighted by atomic mass is 10.2. The van der Waals surface area contributed by atoms with Gasteiger partial charge in [-0.15, -0.1) is 0 Å². The minimum Gasteiger partial charge on any atom is -0.493 e. The Morgan fingerprint density at radius 2 is 1.56 bits per heavy atom. The number of fused-ring (bicyclic) bond motifs is 1. The number of nitrogens with one attached hydrogen (secondary N) is 2.